The largest absolute Gasteiger partial charge is 0.480 e. The van der Waals surface area contributed by atoms with Gasteiger partial charge in [-0.3, -0.25) is 4.99 Å². The first-order chi connectivity index (χ1) is 5.93. The highest BCUT2D eigenvalue weighted by molar-refractivity contribution is 5.75. The Bertz CT molecular complexity index is 188. The molecule has 0 aliphatic rings. The maximum Gasteiger partial charge on any atom is 0.328 e. The van der Waals surface area contributed by atoms with E-state index < -0.39 is 12.0 Å². The van der Waals surface area contributed by atoms with Gasteiger partial charge in [0.15, 0.2) is 0 Å². The molecule has 0 heterocycles. The predicted octanol–water partition coefficient (Wildman–Crippen LogP) is 1.08. The second-order valence-electron chi connectivity index (χ2n) is 3.71. The van der Waals surface area contributed by atoms with Crippen LogP contribution in [-0.2, 0) is 4.79 Å². The van der Waals surface area contributed by atoms with E-state index in [-0.39, 0.29) is 0 Å². The van der Waals surface area contributed by atoms with Crippen molar-refractivity contribution in [1.82, 2.24) is 4.90 Å². The van der Waals surface area contributed by atoms with Crippen molar-refractivity contribution in [2.24, 2.45) is 10.9 Å². The summed E-state index contributed by atoms with van der Waals surface area (Å²) in [6, 6.07) is -0.609. The van der Waals surface area contributed by atoms with Crippen LogP contribution in [0, 0.1) is 5.92 Å². The van der Waals surface area contributed by atoms with Crippen LogP contribution in [0.1, 0.15) is 20.3 Å². The van der Waals surface area contributed by atoms with Gasteiger partial charge in [0, 0.05) is 14.1 Å². The van der Waals surface area contributed by atoms with Crippen LogP contribution < -0.4 is 0 Å². The zero-order chi connectivity index (χ0) is 10.4. The molecule has 0 aliphatic carbocycles. The number of hydrogen-bond acceptors (Lipinski definition) is 2. The molecule has 13 heavy (non-hydrogen) atoms. The number of carboxylic acids is 1. The molecule has 0 saturated heterocycles. The summed E-state index contributed by atoms with van der Waals surface area (Å²) in [5, 5.41) is 8.80. The Morgan fingerprint density at radius 3 is 2.38 bits per heavy atom. The molecule has 1 N–H and O–H groups in total. The van der Waals surface area contributed by atoms with Crippen molar-refractivity contribution in [1.29, 1.82) is 0 Å². The summed E-state index contributed by atoms with van der Waals surface area (Å²) in [5.41, 5.74) is 0. The Labute approximate surface area is 79.3 Å². The second-order valence-corrected chi connectivity index (χ2v) is 3.71. The third-order valence-electron chi connectivity index (χ3n) is 1.46. The van der Waals surface area contributed by atoms with Gasteiger partial charge in [0.05, 0.1) is 6.34 Å². The number of carbonyl (C=O) groups is 1. The monoisotopic (exact) mass is 186 g/mol. The number of nitrogens with zero attached hydrogens (tertiary/aromatic N) is 2. The number of aliphatic imine (C=N–C) groups is 1. The molecule has 1 atom stereocenters. The van der Waals surface area contributed by atoms with Crippen LogP contribution >= 0.6 is 0 Å². The van der Waals surface area contributed by atoms with Crippen molar-refractivity contribution in [3.8, 4) is 0 Å². The average Bonchev–Trinajstić information content (AvgIpc) is 1.96. The van der Waals surface area contributed by atoms with E-state index in [0.29, 0.717) is 12.3 Å². The van der Waals surface area contributed by atoms with Crippen LogP contribution in [0.25, 0.3) is 0 Å². The fraction of sp³-hybridized carbons (Fsp3) is 0.778. The van der Waals surface area contributed by atoms with E-state index in [2.05, 4.69) is 4.99 Å². The molecular formula is C9H18N2O2. The molecule has 0 rings (SSSR count). The minimum absolute atomic E-state index is 0.348. The van der Waals surface area contributed by atoms with Crippen molar-refractivity contribution < 1.29 is 9.90 Å². The molecule has 1 unspecified atom stereocenters. The van der Waals surface area contributed by atoms with E-state index in [1.807, 2.05) is 27.9 Å². The van der Waals surface area contributed by atoms with E-state index in [9.17, 15) is 4.79 Å². The van der Waals surface area contributed by atoms with E-state index in [0.717, 1.165) is 0 Å². The maximum absolute atomic E-state index is 10.7. The smallest absolute Gasteiger partial charge is 0.328 e. The highest BCUT2D eigenvalue weighted by Gasteiger charge is 2.16. The van der Waals surface area contributed by atoms with Gasteiger partial charge >= 0.3 is 5.97 Å². The molecule has 4 nitrogen and oxygen atoms in total. The molecule has 0 amide bonds. The van der Waals surface area contributed by atoms with Crippen LogP contribution in [0.4, 0.5) is 0 Å². The maximum atomic E-state index is 10.7. The Morgan fingerprint density at radius 2 is 2.08 bits per heavy atom. The zero-order valence-corrected chi connectivity index (χ0v) is 8.69. The first-order valence-electron chi connectivity index (χ1n) is 4.36. The first kappa shape index (κ1) is 11.9. The molecule has 0 saturated carbocycles. The number of hydrogen-bond donors (Lipinski definition) is 1. The SMILES string of the molecule is CC(C)CC(N=CN(C)C)C(=O)O. The van der Waals surface area contributed by atoms with Gasteiger partial charge in [-0.1, -0.05) is 13.8 Å². The third kappa shape index (κ3) is 6.13. The van der Waals surface area contributed by atoms with Gasteiger partial charge in [-0.15, -0.1) is 0 Å². The summed E-state index contributed by atoms with van der Waals surface area (Å²) in [6.45, 7) is 3.97. The van der Waals surface area contributed by atoms with Gasteiger partial charge in [0.25, 0.3) is 0 Å². The highest BCUT2D eigenvalue weighted by atomic mass is 16.4. The summed E-state index contributed by atoms with van der Waals surface area (Å²) < 4.78 is 0. The first-order valence-corrected chi connectivity index (χ1v) is 4.36. The van der Waals surface area contributed by atoms with Gasteiger partial charge in [0.2, 0.25) is 0 Å². The lowest BCUT2D eigenvalue weighted by atomic mass is 10.0. The van der Waals surface area contributed by atoms with Crippen LogP contribution in [0.15, 0.2) is 4.99 Å². The summed E-state index contributed by atoms with van der Waals surface area (Å²) >= 11 is 0. The van der Waals surface area contributed by atoms with E-state index in [1.165, 1.54) is 0 Å². The van der Waals surface area contributed by atoms with Crippen molar-refractivity contribution in [3.63, 3.8) is 0 Å². The van der Waals surface area contributed by atoms with Gasteiger partial charge < -0.3 is 10.0 Å². The van der Waals surface area contributed by atoms with Crippen LogP contribution in [0.2, 0.25) is 0 Å². The second kappa shape index (κ2) is 5.56. The molecule has 4 heteroatoms. The molecule has 0 spiro atoms. The summed E-state index contributed by atoms with van der Waals surface area (Å²) in [4.78, 5) is 16.4. The zero-order valence-electron chi connectivity index (χ0n) is 8.69. The normalized spacial score (nSPS) is 13.6. The van der Waals surface area contributed by atoms with Gasteiger partial charge in [-0.25, -0.2) is 4.79 Å². The molecule has 0 radical (unpaired) electrons. The standard InChI is InChI=1S/C9H18N2O2/c1-7(2)5-8(9(12)13)10-6-11(3)4/h6-8H,5H2,1-4H3,(H,12,13). The number of rotatable bonds is 5. The minimum Gasteiger partial charge on any atom is -0.480 e. The summed E-state index contributed by atoms with van der Waals surface area (Å²) in [7, 11) is 3.63. The molecular weight excluding hydrogens is 168 g/mol. The summed E-state index contributed by atoms with van der Waals surface area (Å²) in [5.74, 6) is -0.507. The van der Waals surface area contributed by atoms with E-state index >= 15 is 0 Å². The van der Waals surface area contributed by atoms with Gasteiger partial charge in [-0.2, -0.15) is 0 Å². The Hall–Kier alpha value is -1.06. The van der Waals surface area contributed by atoms with Crippen LogP contribution in [-0.4, -0.2) is 42.5 Å². The number of aliphatic carboxylic acids is 1. The molecule has 0 aliphatic heterocycles. The summed E-state index contributed by atoms with van der Waals surface area (Å²) in [6.07, 6.45) is 2.13. The van der Waals surface area contributed by atoms with Crippen molar-refractivity contribution in [2.45, 2.75) is 26.3 Å². The number of carboxylic acid groups (broad SMARTS) is 1. The Morgan fingerprint density at radius 1 is 1.54 bits per heavy atom. The molecule has 0 fully saturated rings. The minimum atomic E-state index is -0.855. The van der Waals surface area contributed by atoms with E-state index in [1.54, 1.807) is 11.2 Å². The fourth-order valence-corrected chi connectivity index (χ4v) is 0.886. The lowest BCUT2D eigenvalue weighted by Gasteiger charge is -2.11. The molecule has 76 valence electrons. The Kier molecular flexibility index (Phi) is 5.11. The van der Waals surface area contributed by atoms with Crippen molar-refractivity contribution in [3.05, 3.63) is 0 Å². The quantitative estimate of drug-likeness (QED) is 0.516. The van der Waals surface area contributed by atoms with Crippen LogP contribution in [0.3, 0.4) is 0 Å². The highest BCUT2D eigenvalue weighted by Crippen LogP contribution is 2.07. The van der Waals surface area contributed by atoms with Gasteiger partial charge in [-0.05, 0) is 12.3 Å². The molecule has 0 bridgehead atoms. The molecule has 0 aromatic carbocycles. The van der Waals surface area contributed by atoms with E-state index in [4.69, 9.17) is 5.11 Å². The molecule has 0 aromatic rings. The fourth-order valence-electron chi connectivity index (χ4n) is 0.886. The lowest BCUT2D eigenvalue weighted by molar-refractivity contribution is -0.138. The molecule has 0 aromatic heterocycles. The Balaban J connectivity index is 4.18. The average molecular weight is 186 g/mol. The van der Waals surface area contributed by atoms with Crippen LogP contribution in [0.5, 0.6) is 0 Å². The predicted molar refractivity (Wildman–Crippen MR) is 53.1 cm³/mol. The third-order valence-corrected chi connectivity index (χ3v) is 1.46. The lowest BCUT2D eigenvalue weighted by Crippen LogP contribution is -2.22. The van der Waals surface area contributed by atoms with Crippen molar-refractivity contribution in [2.75, 3.05) is 14.1 Å². The topological polar surface area (TPSA) is 52.9 Å². The van der Waals surface area contributed by atoms with Crippen molar-refractivity contribution >= 4 is 12.3 Å². The van der Waals surface area contributed by atoms with Gasteiger partial charge in [0.1, 0.15) is 6.04 Å².